The van der Waals surface area contributed by atoms with E-state index in [1.54, 1.807) is 0 Å². The largest absolute Gasteiger partial charge is 0.0989 e. The van der Waals surface area contributed by atoms with Gasteiger partial charge >= 0.3 is 0 Å². The van der Waals surface area contributed by atoms with Crippen LogP contribution in [0, 0.1) is 5.41 Å². The molecule has 0 heterocycles. The molecule has 0 aliphatic heterocycles. The molecule has 0 unspecified atom stereocenters. The summed E-state index contributed by atoms with van der Waals surface area (Å²) in [7, 11) is -5.40. The first kappa shape index (κ1) is 33.5. The highest BCUT2D eigenvalue weighted by Crippen LogP contribution is 2.67. The Hall–Kier alpha value is -3.39. The summed E-state index contributed by atoms with van der Waals surface area (Å²) in [6.45, 7) is 10.5. The van der Waals surface area contributed by atoms with Crippen LogP contribution >= 0.6 is 21.8 Å². The summed E-state index contributed by atoms with van der Waals surface area (Å²) in [6, 6.07) is 68.6. The highest BCUT2D eigenvalue weighted by Gasteiger charge is 2.56. The van der Waals surface area contributed by atoms with Crippen molar-refractivity contribution in [3.8, 4) is 0 Å². The van der Waals surface area contributed by atoms with E-state index < -0.39 is 21.8 Å². The monoisotopic (exact) mass is 669 g/mol. The topological polar surface area (TPSA) is 0 Å². The summed E-state index contributed by atoms with van der Waals surface area (Å²) < 4.78 is 0. The van der Waals surface area contributed by atoms with Gasteiger partial charge < -0.3 is 0 Å². The average Bonchev–Trinajstić information content (AvgIpc) is 3.13. The maximum atomic E-state index is 2.66. The fraction of sp³-hybridized carbons (Fsp3) is 0.182. The fourth-order valence-corrected chi connectivity index (χ4v) is 20.7. The molecule has 0 aliphatic carbocycles. The second kappa shape index (κ2) is 14.4. The lowest BCUT2D eigenvalue weighted by molar-refractivity contribution is 0.492. The SMILES string of the molecule is CC(C[P+](C)(c1ccccc1)c1ccccc1)(C[P+](C)(c1ccccc1)c1ccccc1)C[P+](C)(c1ccccc1)c1ccccc1. The van der Waals surface area contributed by atoms with Crippen molar-refractivity contribution in [3.63, 3.8) is 0 Å². The summed E-state index contributed by atoms with van der Waals surface area (Å²) in [4.78, 5) is 0. The maximum Gasteiger partial charge on any atom is 0.0989 e. The molecule has 0 fully saturated rings. The number of hydrogen-bond donors (Lipinski definition) is 0. The minimum absolute atomic E-state index is 0.0244. The van der Waals surface area contributed by atoms with Crippen LogP contribution in [0.4, 0.5) is 0 Å². The molecule has 3 heteroatoms. The first-order valence-electron chi connectivity index (χ1n) is 16.7. The standard InChI is InChI=1S/C44H48P3/c1-44(35-45(2,38-23-11-5-12-24-38)39-25-13-6-14-26-39,36-46(3,40-27-15-7-16-28-40)41-29-17-8-18-30-41)37-47(4,42-31-19-9-20-32-42)43-33-21-10-22-34-43/h5-34H,35-37H2,1-4H3/q+3. The van der Waals surface area contributed by atoms with E-state index in [-0.39, 0.29) is 5.41 Å². The number of benzene rings is 6. The summed E-state index contributed by atoms with van der Waals surface area (Å²) in [6.07, 6.45) is 3.45. The second-order valence-electron chi connectivity index (χ2n) is 13.9. The van der Waals surface area contributed by atoms with Gasteiger partial charge in [-0.2, -0.15) is 0 Å². The Kier molecular flexibility index (Phi) is 10.3. The van der Waals surface area contributed by atoms with Crippen LogP contribution in [0.3, 0.4) is 0 Å². The highest BCUT2D eigenvalue weighted by atomic mass is 31.2. The van der Waals surface area contributed by atoms with E-state index in [2.05, 4.69) is 209 Å². The van der Waals surface area contributed by atoms with E-state index in [0.717, 1.165) is 18.5 Å². The predicted molar refractivity (Wildman–Crippen MR) is 218 cm³/mol. The van der Waals surface area contributed by atoms with Crippen molar-refractivity contribution in [2.24, 2.45) is 5.41 Å². The van der Waals surface area contributed by atoms with Gasteiger partial charge in [0.2, 0.25) is 0 Å². The Morgan fingerprint density at radius 2 is 0.447 bits per heavy atom. The molecule has 0 nitrogen and oxygen atoms in total. The molecule has 6 aromatic rings. The molecule has 0 N–H and O–H groups in total. The molecule has 0 aromatic heterocycles. The molecule has 6 rings (SSSR count). The van der Waals surface area contributed by atoms with Crippen LogP contribution in [0.25, 0.3) is 0 Å². The van der Waals surface area contributed by atoms with E-state index in [0.29, 0.717) is 0 Å². The fourth-order valence-electron chi connectivity index (χ4n) is 7.98. The number of rotatable bonds is 12. The molecule has 0 atom stereocenters. The van der Waals surface area contributed by atoms with E-state index in [1.807, 2.05) is 0 Å². The molecule has 236 valence electrons. The zero-order valence-corrected chi connectivity index (χ0v) is 31.0. The summed E-state index contributed by atoms with van der Waals surface area (Å²) in [5.41, 5.74) is 0.0244. The third-order valence-electron chi connectivity index (χ3n) is 10.1. The summed E-state index contributed by atoms with van der Waals surface area (Å²) >= 11 is 0. The van der Waals surface area contributed by atoms with E-state index in [1.165, 1.54) is 31.8 Å². The Labute approximate surface area is 285 Å². The lowest BCUT2D eigenvalue weighted by Gasteiger charge is -2.40. The Morgan fingerprint density at radius 1 is 0.298 bits per heavy atom. The van der Waals surface area contributed by atoms with Gasteiger partial charge in [-0.3, -0.25) is 0 Å². The molecule has 0 bridgehead atoms. The highest BCUT2D eigenvalue weighted by molar-refractivity contribution is 7.91. The Morgan fingerprint density at radius 3 is 0.596 bits per heavy atom. The van der Waals surface area contributed by atoms with Crippen molar-refractivity contribution in [1.29, 1.82) is 0 Å². The molecule has 0 saturated heterocycles. The first-order chi connectivity index (χ1) is 22.8. The van der Waals surface area contributed by atoms with Gasteiger partial charge in [0.25, 0.3) is 0 Å². The normalized spacial score (nSPS) is 12.5. The molecular formula is C44H48P3+3. The first-order valence-corrected chi connectivity index (χ1v) is 23.9. The van der Waals surface area contributed by atoms with Gasteiger partial charge in [-0.15, -0.1) is 0 Å². The maximum absolute atomic E-state index is 2.66. The van der Waals surface area contributed by atoms with Crippen LogP contribution in [0.5, 0.6) is 0 Å². The Balaban J connectivity index is 1.58. The molecule has 0 amide bonds. The third-order valence-corrected chi connectivity index (χ3v) is 22.9. The van der Waals surface area contributed by atoms with Gasteiger partial charge in [0.15, 0.2) is 0 Å². The summed E-state index contributed by atoms with van der Waals surface area (Å²) in [5, 5.41) is 8.98. The van der Waals surface area contributed by atoms with Crippen molar-refractivity contribution in [2.75, 3.05) is 38.5 Å². The zero-order valence-electron chi connectivity index (χ0n) is 28.3. The molecule has 0 spiro atoms. The van der Waals surface area contributed by atoms with E-state index in [4.69, 9.17) is 0 Å². The van der Waals surface area contributed by atoms with Crippen molar-refractivity contribution in [3.05, 3.63) is 182 Å². The van der Waals surface area contributed by atoms with Gasteiger partial charge in [0.05, 0.1) is 97.5 Å². The molecular weight excluding hydrogens is 621 g/mol. The third kappa shape index (κ3) is 7.23. The second-order valence-corrected chi connectivity index (χ2v) is 25.1. The van der Waals surface area contributed by atoms with Crippen LogP contribution < -0.4 is 31.8 Å². The van der Waals surface area contributed by atoms with Gasteiger partial charge in [0, 0.05) is 0 Å². The van der Waals surface area contributed by atoms with Crippen LogP contribution in [-0.4, -0.2) is 38.5 Å². The quantitative estimate of drug-likeness (QED) is 0.114. The van der Waals surface area contributed by atoms with Crippen LogP contribution in [0.2, 0.25) is 0 Å². The minimum Gasteiger partial charge on any atom is -0.0620 e. The van der Waals surface area contributed by atoms with E-state index in [9.17, 15) is 0 Å². The Bertz CT molecular complexity index is 1490. The van der Waals surface area contributed by atoms with Crippen molar-refractivity contribution >= 4 is 53.6 Å². The van der Waals surface area contributed by atoms with Gasteiger partial charge in [-0.25, -0.2) is 0 Å². The smallest absolute Gasteiger partial charge is 0.0620 e. The van der Waals surface area contributed by atoms with Crippen molar-refractivity contribution in [1.82, 2.24) is 0 Å². The van der Waals surface area contributed by atoms with Crippen LogP contribution in [0.15, 0.2) is 182 Å². The van der Waals surface area contributed by atoms with Crippen LogP contribution in [0.1, 0.15) is 6.92 Å². The predicted octanol–water partition coefficient (Wildman–Crippen LogP) is 8.89. The van der Waals surface area contributed by atoms with Gasteiger partial charge in [0.1, 0.15) is 0 Å². The van der Waals surface area contributed by atoms with Gasteiger partial charge in [-0.1, -0.05) is 109 Å². The lowest BCUT2D eigenvalue weighted by Crippen LogP contribution is -2.43. The summed E-state index contributed by atoms with van der Waals surface area (Å²) in [5.74, 6) is 0. The molecule has 6 aromatic carbocycles. The van der Waals surface area contributed by atoms with Crippen molar-refractivity contribution in [2.45, 2.75) is 6.92 Å². The van der Waals surface area contributed by atoms with Crippen molar-refractivity contribution < 1.29 is 0 Å². The zero-order chi connectivity index (χ0) is 32.8. The molecule has 0 radical (unpaired) electrons. The molecule has 0 saturated carbocycles. The van der Waals surface area contributed by atoms with E-state index >= 15 is 0 Å². The minimum atomic E-state index is -1.80. The lowest BCUT2D eigenvalue weighted by atomic mass is 9.99. The molecule has 0 aliphatic rings. The molecule has 47 heavy (non-hydrogen) atoms. The van der Waals surface area contributed by atoms with Gasteiger partial charge in [-0.05, 0) is 79.7 Å². The number of hydrogen-bond acceptors (Lipinski definition) is 0. The van der Waals surface area contributed by atoms with Crippen LogP contribution in [-0.2, 0) is 0 Å². The average molecular weight is 670 g/mol.